The second-order valence-corrected chi connectivity index (χ2v) is 8.01. The van der Waals surface area contributed by atoms with Crippen molar-refractivity contribution in [2.24, 2.45) is 0 Å². The molecule has 0 fully saturated rings. The average molecular weight is 463 g/mol. The van der Waals surface area contributed by atoms with E-state index in [1.165, 1.54) is 4.90 Å². The monoisotopic (exact) mass is 462 g/mol. The number of fused-ring (bicyclic) bond motifs is 1. The molecule has 1 amide bonds. The summed E-state index contributed by atoms with van der Waals surface area (Å²) in [5, 5.41) is 12.8. The summed E-state index contributed by atoms with van der Waals surface area (Å²) in [6.45, 7) is 3.88. The Balaban J connectivity index is 0.00000385. The Morgan fingerprint density at radius 1 is 1.09 bits per heavy atom. The van der Waals surface area contributed by atoms with Crippen LogP contribution in [0.2, 0.25) is 0 Å². The first-order chi connectivity index (χ1) is 15.4. The van der Waals surface area contributed by atoms with E-state index >= 15 is 0 Å². The molecule has 33 heavy (non-hydrogen) atoms. The van der Waals surface area contributed by atoms with Gasteiger partial charge < -0.3 is 14.7 Å². The third-order valence-electron chi connectivity index (χ3n) is 5.77. The van der Waals surface area contributed by atoms with Gasteiger partial charge in [0.25, 0.3) is 0 Å². The number of nitrogens with one attached hydrogen (secondary N) is 1. The van der Waals surface area contributed by atoms with Crippen LogP contribution in [0.4, 0.5) is 0 Å². The number of hydrogen-bond acceptors (Lipinski definition) is 5. The molecule has 8 heteroatoms. The normalized spacial score (nSPS) is 16.7. The molecule has 2 aromatic carbocycles. The molecule has 0 aliphatic carbocycles. The first-order valence-electron chi connectivity index (χ1n) is 11.0. The first kappa shape index (κ1) is 27.1. The third-order valence-corrected chi connectivity index (χ3v) is 5.77. The Labute approximate surface area is 216 Å². The molecule has 0 unspecified atom stereocenters. The number of carboxylic acid groups (broad SMARTS) is 1. The van der Waals surface area contributed by atoms with Crippen molar-refractivity contribution in [3.63, 3.8) is 0 Å². The zero-order valence-corrected chi connectivity index (χ0v) is 18.5. The van der Waals surface area contributed by atoms with E-state index < -0.39 is 30.1 Å². The second kappa shape index (κ2) is 12.9. The van der Waals surface area contributed by atoms with Gasteiger partial charge in [0.05, 0.1) is 12.6 Å². The van der Waals surface area contributed by atoms with Crippen molar-refractivity contribution in [2.75, 3.05) is 6.61 Å². The van der Waals surface area contributed by atoms with Gasteiger partial charge in [-0.1, -0.05) is 54.6 Å². The van der Waals surface area contributed by atoms with Crippen LogP contribution in [-0.4, -0.2) is 82.1 Å². The molecule has 3 atom stereocenters. The molecular formula is C25H31N2NaO5. The van der Waals surface area contributed by atoms with Gasteiger partial charge in [0.2, 0.25) is 5.91 Å². The summed E-state index contributed by atoms with van der Waals surface area (Å²) in [4.78, 5) is 39.1. The van der Waals surface area contributed by atoms with E-state index in [4.69, 9.17) is 4.74 Å². The summed E-state index contributed by atoms with van der Waals surface area (Å²) in [7, 11) is 0. The number of amides is 1. The molecule has 172 valence electrons. The van der Waals surface area contributed by atoms with E-state index in [-0.39, 0.29) is 55.0 Å². The number of carbonyl (C=O) groups is 3. The van der Waals surface area contributed by atoms with Gasteiger partial charge in [0, 0.05) is 13.0 Å². The predicted octanol–water partition coefficient (Wildman–Crippen LogP) is 1.92. The molecule has 0 saturated carbocycles. The van der Waals surface area contributed by atoms with Crippen molar-refractivity contribution >= 4 is 47.4 Å². The van der Waals surface area contributed by atoms with Crippen LogP contribution in [0.1, 0.15) is 37.0 Å². The van der Waals surface area contributed by atoms with E-state index in [0.29, 0.717) is 12.8 Å². The van der Waals surface area contributed by atoms with Gasteiger partial charge in [-0.2, -0.15) is 0 Å². The van der Waals surface area contributed by atoms with E-state index in [0.717, 1.165) is 16.7 Å². The molecular weight excluding hydrogens is 431 g/mol. The molecule has 0 aromatic heterocycles. The molecule has 2 N–H and O–H groups in total. The van der Waals surface area contributed by atoms with Gasteiger partial charge >= 0.3 is 41.5 Å². The predicted molar refractivity (Wildman–Crippen MR) is 127 cm³/mol. The summed E-state index contributed by atoms with van der Waals surface area (Å²) in [6, 6.07) is 15.0. The summed E-state index contributed by atoms with van der Waals surface area (Å²) in [5.41, 5.74) is 2.97. The molecule has 0 spiro atoms. The molecule has 1 aliphatic heterocycles. The quantitative estimate of drug-likeness (QED) is 0.437. The molecule has 0 bridgehead atoms. The van der Waals surface area contributed by atoms with Crippen LogP contribution in [0.15, 0.2) is 54.6 Å². The van der Waals surface area contributed by atoms with Crippen LogP contribution in [-0.2, 0) is 38.5 Å². The first-order valence-corrected chi connectivity index (χ1v) is 11.0. The topological polar surface area (TPSA) is 95.9 Å². The van der Waals surface area contributed by atoms with Gasteiger partial charge in [0.1, 0.15) is 12.1 Å². The number of carbonyl (C=O) groups excluding carboxylic acids is 2. The zero-order valence-electron chi connectivity index (χ0n) is 18.5. The molecule has 0 saturated heterocycles. The molecule has 0 radical (unpaired) electrons. The minimum atomic E-state index is -1.04. The van der Waals surface area contributed by atoms with E-state index in [1.807, 2.05) is 54.6 Å². The third kappa shape index (κ3) is 7.14. The van der Waals surface area contributed by atoms with Gasteiger partial charge in [-0.25, -0.2) is 4.79 Å². The number of ether oxygens (including phenoxy) is 1. The Hall–Kier alpha value is -2.19. The van der Waals surface area contributed by atoms with Crippen LogP contribution in [0, 0.1) is 0 Å². The van der Waals surface area contributed by atoms with Gasteiger partial charge in [-0.3, -0.25) is 14.9 Å². The standard InChI is InChI=1S/C25H30N2O5.Na.H/c1-3-32-25(31)21(14-13-18-9-5-4-6-10-18)26-17(2)23(28)27-16-20-12-8-7-11-19(20)15-22(27)24(29)30;;/h4-12,17,21-22,26H,3,13-16H2,1-2H3,(H,29,30);;/t17-,21-,22-;;/m0../s1. The number of aryl methyl sites for hydroxylation is 1. The van der Waals surface area contributed by atoms with Crippen molar-refractivity contribution in [2.45, 2.75) is 57.8 Å². The van der Waals surface area contributed by atoms with Gasteiger partial charge in [-0.15, -0.1) is 0 Å². The Morgan fingerprint density at radius 2 is 1.73 bits per heavy atom. The number of nitrogens with zero attached hydrogens (tertiary/aromatic N) is 1. The summed E-state index contributed by atoms with van der Waals surface area (Å²) >= 11 is 0. The Bertz CT molecular complexity index is 953. The molecule has 7 nitrogen and oxygen atoms in total. The maximum atomic E-state index is 13.3. The SMILES string of the molecule is CCOC(=O)[C@H](CCc1ccccc1)N[C@@H](C)C(=O)N1Cc2ccccc2C[C@H]1C(=O)O.[NaH]. The van der Waals surface area contributed by atoms with Gasteiger partial charge in [0.15, 0.2) is 0 Å². The Kier molecular flexibility index (Phi) is 10.6. The van der Waals surface area contributed by atoms with Crippen molar-refractivity contribution in [1.82, 2.24) is 10.2 Å². The molecule has 3 rings (SSSR count). The van der Waals surface area contributed by atoms with Crippen LogP contribution >= 0.6 is 0 Å². The summed E-state index contributed by atoms with van der Waals surface area (Å²) in [6.07, 6.45) is 1.37. The van der Waals surface area contributed by atoms with E-state index in [2.05, 4.69) is 5.32 Å². The molecule has 1 heterocycles. The van der Waals surface area contributed by atoms with Crippen molar-refractivity contribution in [1.29, 1.82) is 0 Å². The van der Waals surface area contributed by atoms with Crippen LogP contribution in [0.5, 0.6) is 0 Å². The maximum absolute atomic E-state index is 13.3. The minimum absolute atomic E-state index is 0. The molecule has 2 aromatic rings. The summed E-state index contributed by atoms with van der Waals surface area (Å²) < 4.78 is 5.20. The number of carboxylic acids is 1. The van der Waals surface area contributed by atoms with Crippen LogP contribution in [0.3, 0.4) is 0 Å². The fourth-order valence-electron chi connectivity index (χ4n) is 4.06. The number of rotatable bonds is 9. The van der Waals surface area contributed by atoms with E-state index in [9.17, 15) is 19.5 Å². The molecule has 1 aliphatic rings. The fourth-order valence-corrected chi connectivity index (χ4v) is 4.06. The van der Waals surface area contributed by atoms with Crippen molar-refractivity contribution in [3.8, 4) is 0 Å². The van der Waals surface area contributed by atoms with E-state index in [1.54, 1.807) is 13.8 Å². The number of hydrogen-bond donors (Lipinski definition) is 2. The average Bonchev–Trinajstić information content (AvgIpc) is 2.80. The number of benzene rings is 2. The Morgan fingerprint density at radius 3 is 2.36 bits per heavy atom. The fraction of sp³-hybridized carbons (Fsp3) is 0.400. The second-order valence-electron chi connectivity index (χ2n) is 8.01. The van der Waals surface area contributed by atoms with Crippen LogP contribution in [0.25, 0.3) is 0 Å². The van der Waals surface area contributed by atoms with Crippen molar-refractivity contribution in [3.05, 3.63) is 71.3 Å². The van der Waals surface area contributed by atoms with Gasteiger partial charge in [-0.05, 0) is 43.4 Å². The van der Waals surface area contributed by atoms with Crippen LogP contribution < -0.4 is 5.32 Å². The summed E-state index contributed by atoms with van der Waals surface area (Å²) in [5.74, 6) is -1.80. The number of esters is 1. The number of aliphatic carboxylic acids is 1. The van der Waals surface area contributed by atoms with Crippen molar-refractivity contribution < 1.29 is 24.2 Å². The zero-order chi connectivity index (χ0) is 23.1.